The molecule has 0 saturated carbocycles. The summed E-state index contributed by atoms with van der Waals surface area (Å²) in [6.07, 6.45) is 0. The van der Waals surface area contributed by atoms with Crippen LogP contribution in [0.3, 0.4) is 0 Å². The maximum absolute atomic E-state index is 6.69. The Labute approximate surface area is 259 Å². The Bertz CT molecular complexity index is 2470. The lowest BCUT2D eigenvalue weighted by molar-refractivity contribution is 0.666. The van der Waals surface area contributed by atoms with E-state index in [0.29, 0.717) is 17.5 Å². The number of aromatic nitrogens is 4. The predicted octanol–water partition coefficient (Wildman–Crippen LogP) is 10.2. The molecule has 3 heterocycles. The van der Waals surface area contributed by atoms with E-state index in [4.69, 9.17) is 19.4 Å². The van der Waals surface area contributed by atoms with Gasteiger partial charge in [0.1, 0.15) is 11.2 Å². The van der Waals surface area contributed by atoms with Crippen molar-refractivity contribution in [2.24, 2.45) is 0 Å². The first kappa shape index (κ1) is 25.4. The van der Waals surface area contributed by atoms with Gasteiger partial charge in [-0.1, -0.05) is 103 Å². The van der Waals surface area contributed by atoms with E-state index in [-0.39, 0.29) is 0 Å². The van der Waals surface area contributed by atoms with Crippen LogP contribution in [-0.2, 0) is 0 Å². The van der Waals surface area contributed by atoms with Gasteiger partial charge in [0.2, 0.25) is 0 Å². The van der Waals surface area contributed by atoms with Crippen molar-refractivity contribution in [3.8, 4) is 39.9 Å². The highest BCUT2D eigenvalue weighted by Crippen LogP contribution is 2.40. The molecule has 0 amide bonds. The van der Waals surface area contributed by atoms with Gasteiger partial charge in [0.05, 0.1) is 11.0 Å². The quantitative estimate of drug-likeness (QED) is 0.208. The van der Waals surface area contributed by atoms with Gasteiger partial charge in [0.25, 0.3) is 0 Å². The van der Waals surface area contributed by atoms with Crippen molar-refractivity contribution in [3.05, 3.63) is 145 Å². The van der Waals surface area contributed by atoms with Crippen molar-refractivity contribution in [1.82, 2.24) is 19.5 Å². The summed E-state index contributed by atoms with van der Waals surface area (Å²) >= 11 is 0. The molecular weight excluding hydrogens is 552 g/mol. The summed E-state index contributed by atoms with van der Waals surface area (Å²) < 4.78 is 9.00. The maximum Gasteiger partial charge on any atom is 0.164 e. The van der Waals surface area contributed by atoms with Crippen LogP contribution < -0.4 is 0 Å². The fourth-order valence-electron chi connectivity index (χ4n) is 6.46. The number of para-hydroxylation sites is 2. The number of fused-ring (bicyclic) bond motifs is 6. The van der Waals surface area contributed by atoms with Gasteiger partial charge >= 0.3 is 0 Å². The first-order valence-corrected chi connectivity index (χ1v) is 15.0. The molecule has 5 nitrogen and oxygen atoms in total. The van der Waals surface area contributed by atoms with Crippen LogP contribution in [0, 0.1) is 6.92 Å². The van der Waals surface area contributed by atoms with Gasteiger partial charge < -0.3 is 8.98 Å². The van der Waals surface area contributed by atoms with Crippen LogP contribution in [0.4, 0.5) is 0 Å². The topological polar surface area (TPSA) is 56.7 Å². The molecule has 0 aliphatic rings. The fourth-order valence-corrected chi connectivity index (χ4v) is 6.46. The van der Waals surface area contributed by atoms with Gasteiger partial charge in [-0.05, 0) is 37.3 Å². The third-order valence-corrected chi connectivity index (χ3v) is 8.64. The van der Waals surface area contributed by atoms with E-state index < -0.39 is 0 Å². The number of benzene rings is 6. The molecular formula is C40H26N4O. The van der Waals surface area contributed by atoms with E-state index in [9.17, 15) is 0 Å². The molecule has 0 aliphatic carbocycles. The third-order valence-electron chi connectivity index (χ3n) is 8.64. The van der Waals surface area contributed by atoms with E-state index in [1.807, 2.05) is 66.7 Å². The van der Waals surface area contributed by atoms with Crippen molar-refractivity contribution in [2.45, 2.75) is 6.92 Å². The average Bonchev–Trinajstić information content (AvgIpc) is 3.64. The summed E-state index contributed by atoms with van der Waals surface area (Å²) in [5.74, 6) is 1.90. The highest BCUT2D eigenvalue weighted by atomic mass is 16.3. The second kappa shape index (κ2) is 10.00. The highest BCUT2D eigenvalue weighted by Gasteiger charge is 2.20. The van der Waals surface area contributed by atoms with Gasteiger partial charge in [-0.25, -0.2) is 15.0 Å². The average molecular weight is 579 g/mol. The normalized spacial score (nSPS) is 11.7. The van der Waals surface area contributed by atoms with Gasteiger partial charge in [0.15, 0.2) is 17.5 Å². The van der Waals surface area contributed by atoms with E-state index in [0.717, 1.165) is 55.4 Å². The summed E-state index contributed by atoms with van der Waals surface area (Å²) in [7, 11) is 0. The van der Waals surface area contributed by atoms with Crippen molar-refractivity contribution in [3.63, 3.8) is 0 Å². The Morgan fingerprint density at radius 1 is 0.489 bits per heavy atom. The molecule has 0 bridgehead atoms. The molecule has 45 heavy (non-hydrogen) atoms. The summed E-state index contributed by atoms with van der Waals surface area (Å²) in [5.41, 5.74) is 8.90. The third kappa shape index (κ3) is 4.05. The lowest BCUT2D eigenvalue weighted by Crippen LogP contribution is -2.01. The second-order valence-corrected chi connectivity index (χ2v) is 11.3. The zero-order chi connectivity index (χ0) is 29.9. The zero-order valence-electron chi connectivity index (χ0n) is 24.5. The Morgan fingerprint density at radius 3 is 1.78 bits per heavy atom. The molecule has 0 atom stereocenters. The van der Waals surface area contributed by atoms with Crippen molar-refractivity contribution < 1.29 is 4.42 Å². The largest absolute Gasteiger partial charge is 0.456 e. The van der Waals surface area contributed by atoms with Crippen molar-refractivity contribution in [2.75, 3.05) is 0 Å². The van der Waals surface area contributed by atoms with Gasteiger partial charge in [-0.15, -0.1) is 0 Å². The fraction of sp³-hybridized carbons (Fsp3) is 0.0250. The van der Waals surface area contributed by atoms with Gasteiger partial charge in [-0.3, -0.25) is 0 Å². The summed E-state index contributed by atoms with van der Waals surface area (Å²) in [6, 6.07) is 47.9. The number of nitrogens with zero attached hydrogens (tertiary/aromatic N) is 4. The smallest absolute Gasteiger partial charge is 0.164 e. The molecule has 3 aromatic heterocycles. The Kier molecular flexibility index (Phi) is 5.65. The maximum atomic E-state index is 6.69. The van der Waals surface area contributed by atoms with Crippen LogP contribution in [0.5, 0.6) is 0 Å². The van der Waals surface area contributed by atoms with E-state index in [1.165, 1.54) is 16.3 Å². The Hall–Kier alpha value is -6.07. The lowest BCUT2D eigenvalue weighted by Gasteiger charge is -2.10. The number of hydrogen-bond acceptors (Lipinski definition) is 4. The van der Waals surface area contributed by atoms with Crippen LogP contribution in [0.1, 0.15) is 5.56 Å². The minimum atomic E-state index is 0.620. The molecule has 6 aromatic carbocycles. The molecule has 0 fully saturated rings. The predicted molar refractivity (Wildman–Crippen MR) is 182 cm³/mol. The van der Waals surface area contributed by atoms with Crippen molar-refractivity contribution >= 4 is 43.7 Å². The van der Waals surface area contributed by atoms with Crippen LogP contribution in [-0.4, -0.2) is 19.5 Å². The van der Waals surface area contributed by atoms with Gasteiger partial charge in [-0.2, -0.15) is 0 Å². The zero-order valence-corrected chi connectivity index (χ0v) is 24.5. The molecule has 5 heteroatoms. The number of hydrogen-bond donors (Lipinski definition) is 0. The number of rotatable bonds is 4. The Balaban J connectivity index is 1.27. The monoisotopic (exact) mass is 578 g/mol. The van der Waals surface area contributed by atoms with Crippen LogP contribution in [0.25, 0.3) is 83.6 Å². The summed E-state index contributed by atoms with van der Waals surface area (Å²) in [6.45, 7) is 2.09. The standard InChI is InChI=1S/C40H26N4O/c1-25-29(40-42-38(26-13-5-2-6-14-26)41-39(43-40)27-15-7-3-8-16-27)21-22-31-33-23-32-30-19-11-12-20-34(30)44(28-17-9-4-10-18-28)35(32)24-36(33)45-37(25)31/h2-24H,1H3. The molecule has 0 unspecified atom stereocenters. The van der Waals surface area contributed by atoms with E-state index in [1.54, 1.807) is 0 Å². The van der Waals surface area contributed by atoms with Crippen LogP contribution in [0.15, 0.2) is 144 Å². The highest BCUT2D eigenvalue weighted by molar-refractivity contribution is 6.18. The molecule has 0 spiro atoms. The molecule has 0 N–H and O–H groups in total. The molecule has 212 valence electrons. The molecule has 9 aromatic rings. The van der Waals surface area contributed by atoms with Crippen LogP contribution >= 0.6 is 0 Å². The lowest BCUT2D eigenvalue weighted by atomic mass is 10.0. The molecule has 9 rings (SSSR count). The first-order valence-electron chi connectivity index (χ1n) is 15.0. The summed E-state index contributed by atoms with van der Waals surface area (Å²) in [4.78, 5) is 14.8. The van der Waals surface area contributed by atoms with Gasteiger partial charge in [0, 0.05) is 55.6 Å². The van der Waals surface area contributed by atoms with E-state index >= 15 is 0 Å². The summed E-state index contributed by atoms with van der Waals surface area (Å²) in [5, 5.41) is 4.58. The minimum absolute atomic E-state index is 0.620. The van der Waals surface area contributed by atoms with Crippen LogP contribution in [0.2, 0.25) is 0 Å². The molecule has 0 saturated heterocycles. The Morgan fingerprint density at radius 2 is 1.09 bits per heavy atom. The molecule has 0 radical (unpaired) electrons. The van der Waals surface area contributed by atoms with Crippen molar-refractivity contribution in [1.29, 1.82) is 0 Å². The molecule has 0 aliphatic heterocycles. The second-order valence-electron chi connectivity index (χ2n) is 11.3. The minimum Gasteiger partial charge on any atom is -0.456 e. The number of furan rings is 1. The SMILES string of the molecule is Cc1c(-c2nc(-c3ccccc3)nc(-c3ccccc3)n2)ccc2c1oc1cc3c(cc12)c1ccccc1n3-c1ccccc1. The number of aryl methyl sites for hydroxylation is 1. The van der Waals surface area contributed by atoms with E-state index in [2.05, 4.69) is 84.3 Å². The first-order chi connectivity index (χ1) is 22.2.